The van der Waals surface area contributed by atoms with Crippen molar-refractivity contribution in [2.24, 2.45) is 0 Å². The highest BCUT2D eigenvalue weighted by Crippen LogP contribution is 2.27. The molecule has 0 aliphatic carbocycles. The van der Waals surface area contributed by atoms with Crippen LogP contribution >= 0.6 is 23.1 Å². The number of rotatable bonds is 9. The highest BCUT2D eigenvalue weighted by Gasteiger charge is 2.23. The van der Waals surface area contributed by atoms with Gasteiger partial charge >= 0.3 is 0 Å². The Morgan fingerprint density at radius 3 is 2.72 bits per heavy atom. The van der Waals surface area contributed by atoms with Gasteiger partial charge in [-0.3, -0.25) is 0 Å². The minimum absolute atomic E-state index is 0.184. The number of nitrogens with two attached hydrogens (primary N) is 1. The number of hydrogen-bond acceptors (Lipinski definition) is 10. The molecule has 10 nitrogen and oxygen atoms in total. The van der Waals surface area contributed by atoms with E-state index in [0.29, 0.717) is 47.1 Å². The van der Waals surface area contributed by atoms with Crippen molar-refractivity contribution in [3.05, 3.63) is 47.6 Å². The minimum Gasteiger partial charge on any atom is -0.335 e. The molecular weight excluding hydrogens is 470 g/mol. The topological polar surface area (TPSA) is 133 Å². The average Bonchev–Trinajstić information content (AvgIpc) is 3.54. The van der Waals surface area contributed by atoms with Crippen LogP contribution in [0.3, 0.4) is 0 Å². The molecule has 0 spiro atoms. The molecule has 0 bridgehead atoms. The van der Waals surface area contributed by atoms with Gasteiger partial charge in [0, 0.05) is 18.7 Å². The number of aromatic nitrogens is 5. The molecule has 1 aromatic carbocycles. The highest BCUT2D eigenvalue weighted by molar-refractivity contribution is 7.98. The van der Waals surface area contributed by atoms with Crippen LogP contribution in [-0.4, -0.2) is 50.8 Å². The maximum absolute atomic E-state index is 12.8. The molecular formula is C19H21N7O3S3. The van der Waals surface area contributed by atoms with Gasteiger partial charge in [0.2, 0.25) is 15.2 Å². The predicted molar refractivity (Wildman–Crippen MR) is 123 cm³/mol. The summed E-state index contributed by atoms with van der Waals surface area (Å²) in [5.41, 5.74) is 0.555. The molecule has 168 valence electrons. The lowest BCUT2D eigenvalue weighted by molar-refractivity contribution is 0.426. The summed E-state index contributed by atoms with van der Waals surface area (Å²) in [7, 11) is -3.60. The van der Waals surface area contributed by atoms with E-state index in [1.165, 1.54) is 32.1 Å². The molecule has 4 aromatic rings. The molecule has 3 heterocycles. The Balaban J connectivity index is 1.52. The third-order valence-corrected chi connectivity index (χ3v) is 8.47. The maximum atomic E-state index is 12.8. The van der Waals surface area contributed by atoms with Gasteiger partial charge in [-0.1, -0.05) is 49.0 Å². The minimum atomic E-state index is -3.60. The molecule has 0 amide bonds. The number of thiophene rings is 1. The van der Waals surface area contributed by atoms with E-state index in [1.54, 1.807) is 38.1 Å². The second kappa shape index (κ2) is 9.40. The van der Waals surface area contributed by atoms with Crippen LogP contribution in [-0.2, 0) is 15.8 Å². The Labute approximate surface area is 193 Å². The molecule has 4 rings (SSSR count). The number of benzene rings is 1. The lowest BCUT2D eigenvalue weighted by Crippen LogP contribution is -2.30. The predicted octanol–water partition coefficient (Wildman–Crippen LogP) is 3.09. The molecule has 0 saturated heterocycles. The molecule has 0 atom stereocenters. The van der Waals surface area contributed by atoms with Crippen molar-refractivity contribution in [1.29, 1.82) is 0 Å². The standard InChI is InChI=1S/C19H21N7O3S3/c1-3-25(4-2)32(27,28)14-8-5-7-13(11-14)17-22-23-19(26(17)20)31-12-16-21-18(29-24-16)15-9-6-10-30-15/h5-11H,3-4,12,20H2,1-2H3. The van der Waals surface area contributed by atoms with Gasteiger partial charge in [0.25, 0.3) is 5.89 Å². The zero-order chi connectivity index (χ0) is 22.7. The second-order valence-corrected chi connectivity index (χ2v) is 10.4. The first-order valence-electron chi connectivity index (χ1n) is 9.74. The van der Waals surface area contributed by atoms with E-state index < -0.39 is 10.0 Å². The molecule has 0 unspecified atom stereocenters. The van der Waals surface area contributed by atoms with Gasteiger partial charge in [-0.15, -0.1) is 21.5 Å². The highest BCUT2D eigenvalue weighted by atomic mass is 32.2. The van der Waals surface area contributed by atoms with Crippen molar-refractivity contribution in [2.45, 2.75) is 29.7 Å². The molecule has 32 heavy (non-hydrogen) atoms. The van der Waals surface area contributed by atoms with E-state index in [9.17, 15) is 8.42 Å². The van der Waals surface area contributed by atoms with Gasteiger partial charge in [-0.25, -0.2) is 13.1 Å². The number of sulfonamides is 1. The van der Waals surface area contributed by atoms with Crippen molar-refractivity contribution in [1.82, 2.24) is 29.3 Å². The summed E-state index contributed by atoms with van der Waals surface area (Å²) in [6.07, 6.45) is 0. The van der Waals surface area contributed by atoms with Crippen molar-refractivity contribution < 1.29 is 12.9 Å². The average molecular weight is 492 g/mol. The van der Waals surface area contributed by atoms with Crippen LogP contribution in [0.1, 0.15) is 19.7 Å². The first-order valence-corrected chi connectivity index (χ1v) is 13.0. The summed E-state index contributed by atoms with van der Waals surface area (Å²) in [6.45, 7) is 4.39. The smallest absolute Gasteiger partial charge is 0.268 e. The van der Waals surface area contributed by atoms with E-state index >= 15 is 0 Å². The Bertz CT molecular complexity index is 1300. The van der Waals surface area contributed by atoms with E-state index in [1.807, 2.05) is 17.5 Å². The Morgan fingerprint density at radius 2 is 2.00 bits per heavy atom. The lowest BCUT2D eigenvalue weighted by atomic mass is 10.2. The normalized spacial score (nSPS) is 12.0. The Morgan fingerprint density at radius 1 is 1.19 bits per heavy atom. The first-order chi connectivity index (χ1) is 15.4. The number of hydrogen-bond donors (Lipinski definition) is 1. The maximum Gasteiger partial charge on any atom is 0.268 e. The van der Waals surface area contributed by atoms with Crippen LogP contribution < -0.4 is 5.84 Å². The summed E-state index contributed by atoms with van der Waals surface area (Å²) in [5.74, 6) is 7.93. The van der Waals surface area contributed by atoms with Crippen LogP contribution in [0.25, 0.3) is 22.2 Å². The van der Waals surface area contributed by atoms with E-state index in [0.717, 1.165) is 4.88 Å². The van der Waals surface area contributed by atoms with Crippen LogP contribution in [0, 0.1) is 0 Å². The zero-order valence-corrected chi connectivity index (χ0v) is 19.8. The van der Waals surface area contributed by atoms with Crippen LogP contribution in [0.4, 0.5) is 0 Å². The van der Waals surface area contributed by atoms with Gasteiger partial charge in [0.15, 0.2) is 11.6 Å². The fourth-order valence-corrected chi connectivity index (χ4v) is 5.87. The molecule has 2 N–H and O–H groups in total. The summed E-state index contributed by atoms with van der Waals surface area (Å²) in [4.78, 5) is 5.46. The van der Waals surface area contributed by atoms with Crippen molar-refractivity contribution in [3.63, 3.8) is 0 Å². The molecule has 0 fully saturated rings. The lowest BCUT2D eigenvalue weighted by Gasteiger charge is -2.18. The van der Waals surface area contributed by atoms with E-state index in [2.05, 4.69) is 20.3 Å². The summed E-state index contributed by atoms with van der Waals surface area (Å²) >= 11 is 2.82. The van der Waals surface area contributed by atoms with Crippen molar-refractivity contribution >= 4 is 33.1 Å². The second-order valence-electron chi connectivity index (χ2n) is 6.58. The van der Waals surface area contributed by atoms with Gasteiger partial charge in [0.05, 0.1) is 15.5 Å². The molecule has 0 saturated carbocycles. The van der Waals surface area contributed by atoms with E-state index in [-0.39, 0.29) is 4.90 Å². The van der Waals surface area contributed by atoms with E-state index in [4.69, 9.17) is 10.4 Å². The summed E-state index contributed by atoms with van der Waals surface area (Å²) in [6, 6.07) is 10.4. The molecule has 0 aliphatic heterocycles. The number of thioether (sulfide) groups is 1. The van der Waals surface area contributed by atoms with Gasteiger partial charge in [-0.2, -0.15) is 9.29 Å². The van der Waals surface area contributed by atoms with Gasteiger partial charge in [0.1, 0.15) is 0 Å². The van der Waals surface area contributed by atoms with Crippen LogP contribution in [0.2, 0.25) is 0 Å². The zero-order valence-electron chi connectivity index (χ0n) is 17.4. The quantitative estimate of drug-likeness (QED) is 0.277. The van der Waals surface area contributed by atoms with Crippen molar-refractivity contribution in [2.75, 3.05) is 18.9 Å². The molecule has 13 heteroatoms. The van der Waals surface area contributed by atoms with Crippen molar-refractivity contribution in [3.8, 4) is 22.2 Å². The number of nitrogen functional groups attached to an aromatic ring is 1. The fraction of sp³-hybridized carbons (Fsp3) is 0.263. The molecule has 0 radical (unpaired) electrons. The monoisotopic (exact) mass is 491 g/mol. The SMILES string of the molecule is CCN(CC)S(=O)(=O)c1cccc(-c2nnc(SCc3noc(-c4cccs4)n3)n2N)c1. The summed E-state index contributed by atoms with van der Waals surface area (Å²) in [5, 5.41) is 14.6. The third kappa shape index (κ3) is 4.41. The molecule has 0 aliphatic rings. The Hall–Kier alpha value is -2.74. The largest absolute Gasteiger partial charge is 0.335 e. The van der Waals surface area contributed by atoms with Gasteiger partial charge in [-0.05, 0) is 23.6 Å². The van der Waals surface area contributed by atoms with Crippen LogP contribution in [0.15, 0.2) is 56.4 Å². The first kappa shape index (κ1) is 22.5. The third-order valence-electron chi connectivity index (χ3n) is 4.63. The van der Waals surface area contributed by atoms with Gasteiger partial charge < -0.3 is 10.4 Å². The number of nitrogens with zero attached hydrogens (tertiary/aromatic N) is 6. The van der Waals surface area contributed by atoms with Crippen LogP contribution in [0.5, 0.6) is 0 Å². The summed E-state index contributed by atoms with van der Waals surface area (Å²) < 4.78 is 33.7. The Kier molecular flexibility index (Phi) is 6.60. The fourth-order valence-electron chi connectivity index (χ4n) is 3.02. The molecule has 3 aromatic heterocycles.